The van der Waals surface area contributed by atoms with Gasteiger partial charge in [0.1, 0.15) is 16.9 Å². The van der Waals surface area contributed by atoms with E-state index >= 15 is 0 Å². The van der Waals surface area contributed by atoms with Crippen LogP contribution in [-0.2, 0) is 0 Å². The maximum absolute atomic E-state index is 12.7. The van der Waals surface area contributed by atoms with E-state index in [4.69, 9.17) is 23.4 Å². The third kappa shape index (κ3) is 2.99. The molecule has 0 fully saturated rings. The van der Waals surface area contributed by atoms with Gasteiger partial charge in [0.05, 0.1) is 26.9 Å². The third-order valence-electron chi connectivity index (χ3n) is 4.46. The highest BCUT2D eigenvalue weighted by atomic mass is 16.5. The summed E-state index contributed by atoms with van der Waals surface area (Å²) in [6.45, 7) is 0. The van der Waals surface area contributed by atoms with Crippen molar-refractivity contribution in [2.45, 2.75) is 0 Å². The van der Waals surface area contributed by atoms with Gasteiger partial charge in [-0.2, -0.15) is 0 Å². The summed E-state index contributed by atoms with van der Waals surface area (Å²) in [4.78, 5) is 12.7. The van der Waals surface area contributed by atoms with Crippen molar-refractivity contribution in [3.8, 4) is 23.0 Å². The Labute approximate surface area is 161 Å². The van der Waals surface area contributed by atoms with Crippen molar-refractivity contribution in [3.05, 3.63) is 60.2 Å². The summed E-state index contributed by atoms with van der Waals surface area (Å²) in [5.74, 6) is 1.05. The van der Waals surface area contributed by atoms with Gasteiger partial charge in [-0.05, 0) is 36.4 Å². The number of ether oxygens (including phenoxy) is 4. The second-order valence-electron chi connectivity index (χ2n) is 6.06. The van der Waals surface area contributed by atoms with E-state index in [9.17, 15) is 4.79 Å². The molecule has 0 amide bonds. The van der Waals surface area contributed by atoms with Crippen LogP contribution in [0.1, 0.15) is 10.4 Å². The second-order valence-corrected chi connectivity index (χ2v) is 6.06. The second kappa shape index (κ2) is 7.15. The molecule has 6 heteroatoms. The first-order valence-corrected chi connectivity index (χ1v) is 8.58. The van der Waals surface area contributed by atoms with E-state index in [2.05, 4.69) is 0 Å². The number of fused-ring (bicyclic) bond motifs is 3. The predicted octanol–water partition coefficient (Wildman–Crippen LogP) is 4.83. The number of methoxy groups -OCH3 is 3. The molecular formula is C22H18O6. The Kier molecular flexibility index (Phi) is 4.53. The number of furan rings is 1. The molecule has 0 aliphatic carbocycles. The minimum atomic E-state index is -0.536. The number of para-hydroxylation sites is 1. The van der Waals surface area contributed by atoms with E-state index in [0.717, 1.165) is 21.9 Å². The van der Waals surface area contributed by atoms with E-state index in [1.807, 2.05) is 24.3 Å². The van der Waals surface area contributed by atoms with E-state index in [1.54, 1.807) is 30.3 Å². The highest BCUT2D eigenvalue weighted by Gasteiger charge is 2.19. The Balaban J connectivity index is 1.69. The molecule has 0 bridgehead atoms. The van der Waals surface area contributed by atoms with Crippen LogP contribution >= 0.6 is 0 Å². The van der Waals surface area contributed by atoms with Crippen LogP contribution in [0.25, 0.3) is 21.9 Å². The zero-order valence-electron chi connectivity index (χ0n) is 15.6. The molecule has 28 heavy (non-hydrogen) atoms. The van der Waals surface area contributed by atoms with Crippen LogP contribution in [0.15, 0.2) is 59.0 Å². The smallest absolute Gasteiger partial charge is 0.343 e. The van der Waals surface area contributed by atoms with Crippen LogP contribution in [0.5, 0.6) is 23.0 Å². The fraction of sp³-hybridized carbons (Fsp3) is 0.136. The molecule has 4 aromatic rings. The van der Waals surface area contributed by atoms with Gasteiger partial charge in [0, 0.05) is 10.8 Å². The van der Waals surface area contributed by atoms with Crippen molar-refractivity contribution < 1.29 is 28.2 Å². The summed E-state index contributed by atoms with van der Waals surface area (Å²) in [5, 5.41) is 1.84. The summed E-state index contributed by atoms with van der Waals surface area (Å²) in [6, 6.07) is 16.1. The lowest BCUT2D eigenvalue weighted by atomic mass is 10.1. The number of rotatable bonds is 5. The molecule has 0 saturated heterocycles. The van der Waals surface area contributed by atoms with Gasteiger partial charge in [-0.15, -0.1) is 0 Å². The minimum absolute atomic E-state index is 0.284. The normalized spacial score (nSPS) is 10.8. The van der Waals surface area contributed by atoms with Crippen LogP contribution in [0.4, 0.5) is 0 Å². The zero-order valence-corrected chi connectivity index (χ0v) is 15.6. The SMILES string of the molecule is COc1cc(C(=O)Oc2ccc3oc4ccccc4c3c2)cc(OC)c1OC. The molecule has 0 aliphatic rings. The van der Waals surface area contributed by atoms with Crippen molar-refractivity contribution in [2.75, 3.05) is 21.3 Å². The van der Waals surface area contributed by atoms with Gasteiger partial charge < -0.3 is 23.4 Å². The van der Waals surface area contributed by atoms with Gasteiger partial charge in [-0.3, -0.25) is 0 Å². The Bertz CT molecular complexity index is 1150. The largest absolute Gasteiger partial charge is 0.493 e. The monoisotopic (exact) mass is 378 g/mol. The molecule has 1 heterocycles. The maximum Gasteiger partial charge on any atom is 0.343 e. The highest BCUT2D eigenvalue weighted by Crippen LogP contribution is 2.38. The fourth-order valence-corrected chi connectivity index (χ4v) is 3.13. The molecular weight excluding hydrogens is 360 g/mol. The predicted molar refractivity (Wildman–Crippen MR) is 105 cm³/mol. The number of carbonyl (C=O) groups is 1. The van der Waals surface area contributed by atoms with E-state index in [-0.39, 0.29) is 5.56 Å². The molecule has 4 rings (SSSR count). The summed E-state index contributed by atoms with van der Waals surface area (Å²) in [5.41, 5.74) is 1.80. The molecule has 0 radical (unpaired) electrons. The molecule has 0 atom stereocenters. The lowest BCUT2D eigenvalue weighted by Crippen LogP contribution is -2.09. The summed E-state index contributed by atoms with van der Waals surface area (Å²) >= 11 is 0. The number of hydrogen-bond donors (Lipinski definition) is 0. The Morgan fingerprint density at radius 2 is 1.46 bits per heavy atom. The van der Waals surface area contributed by atoms with Gasteiger partial charge in [0.25, 0.3) is 0 Å². The van der Waals surface area contributed by atoms with Gasteiger partial charge in [-0.25, -0.2) is 4.79 Å². The number of hydrogen-bond acceptors (Lipinski definition) is 6. The molecule has 0 N–H and O–H groups in total. The molecule has 3 aromatic carbocycles. The summed E-state index contributed by atoms with van der Waals surface area (Å²) < 4.78 is 27.2. The lowest BCUT2D eigenvalue weighted by molar-refractivity contribution is 0.0734. The van der Waals surface area contributed by atoms with Crippen LogP contribution in [-0.4, -0.2) is 27.3 Å². The molecule has 0 aliphatic heterocycles. The minimum Gasteiger partial charge on any atom is -0.493 e. The standard InChI is InChI=1S/C22H18O6/c1-24-19-10-13(11-20(25-2)21(19)26-3)22(23)27-14-8-9-18-16(12-14)15-6-4-5-7-17(15)28-18/h4-12H,1-3H3. The van der Waals surface area contributed by atoms with Crippen molar-refractivity contribution in [3.63, 3.8) is 0 Å². The van der Waals surface area contributed by atoms with Gasteiger partial charge in [-0.1, -0.05) is 18.2 Å². The fourth-order valence-electron chi connectivity index (χ4n) is 3.13. The van der Waals surface area contributed by atoms with E-state index < -0.39 is 5.97 Å². The van der Waals surface area contributed by atoms with Crippen molar-refractivity contribution >= 4 is 27.9 Å². The third-order valence-corrected chi connectivity index (χ3v) is 4.46. The Morgan fingerprint density at radius 3 is 2.14 bits per heavy atom. The van der Waals surface area contributed by atoms with Crippen LogP contribution in [0.2, 0.25) is 0 Å². The van der Waals surface area contributed by atoms with Gasteiger partial charge in [0.2, 0.25) is 5.75 Å². The molecule has 0 unspecified atom stereocenters. The number of benzene rings is 3. The first-order chi connectivity index (χ1) is 13.6. The van der Waals surface area contributed by atoms with E-state index in [0.29, 0.717) is 23.0 Å². The van der Waals surface area contributed by atoms with Crippen LogP contribution in [0.3, 0.4) is 0 Å². The summed E-state index contributed by atoms with van der Waals surface area (Å²) in [6.07, 6.45) is 0. The quantitative estimate of drug-likeness (QED) is 0.366. The van der Waals surface area contributed by atoms with Crippen molar-refractivity contribution in [1.82, 2.24) is 0 Å². The van der Waals surface area contributed by atoms with Crippen molar-refractivity contribution in [2.24, 2.45) is 0 Å². The molecule has 0 spiro atoms. The first-order valence-electron chi connectivity index (χ1n) is 8.58. The van der Waals surface area contributed by atoms with Crippen LogP contribution in [0, 0.1) is 0 Å². The zero-order chi connectivity index (χ0) is 19.7. The topological polar surface area (TPSA) is 67.1 Å². The van der Waals surface area contributed by atoms with Crippen LogP contribution < -0.4 is 18.9 Å². The summed E-state index contributed by atoms with van der Waals surface area (Å²) in [7, 11) is 4.48. The molecule has 0 saturated carbocycles. The first kappa shape index (κ1) is 17.7. The number of carbonyl (C=O) groups excluding carboxylic acids is 1. The lowest BCUT2D eigenvalue weighted by Gasteiger charge is -2.13. The Hall–Kier alpha value is -3.67. The maximum atomic E-state index is 12.7. The van der Waals surface area contributed by atoms with Crippen molar-refractivity contribution in [1.29, 1.82) is 0 Å². The Morgan fingerprint density at radius 1 is 0.786 bits per heavy atom. The average molecular weight is 378 g/mol. The number of esters is 1. The average Bonchev–Trinajstić information content (AvgIpc) is 3.10. The molecule has 6 nitrogen and oxygen atoms in total. The van der Waals surface area contributed by atoms with Gasteiger partial charge in [0.15, 0.2) is 11.5 Å². The van der Waals surface area contributed by atoms with Gasteiger partial charge >= 0.3 is 5.97 Å². The van der Waals surface area contributed by atoms with E-state index in [1.165, 1.54) is 21.3 Å². The molecule has 142 valence electrons. The molecule has 1 aromatic heterocycles. The highest BCUT2D eigenvalue weighted by molar-refractivity contribution is 6.05.